The lowest BCUT2D eigenvalue weighted by Crippen LogP contribution is -1.92. The van der Waals surface area contributed by atoms with E-state index >= 15 is 0 Å². The maximum atomic E-state index is 8.75. The number of rotatable bonds is 8. The van der Waals surface area contributed by atoms with Crippen LogP contribution in [0.4, 0.5) is 0 Å². The first kappa shape index (κ1) is 20.8. The Balaban J connectivity index is 2.30. The molecule has 1 rings (SSSR count). The minimum absolute atomic E-state index is 0.163. The van der Waals surface area contributed by atoms with E-state index < -0.39 is 0 Å². The van der Waals surface area contributed by atoms with Gasteiger partial charge in [0.1, 0.15) is 7.06 Å². The van der Waals surface area contributed by atoms with E-state index in [1.165, 1.54) is 34.7 Å². The van der Waals surface area contributed by atoms with Crippen LogP contribution in [0.3, 0.4) is 0 Å². The average Bonchev–Trinajstić information content (AvgIpc) is 2.55. The Labute approximate surface area is 159 Å². The van der Waals surface area contributed by atoms with Crippen molar-refractivity contribution in [2.24, 2.45) is 0 Å². The summed E-state index contributed by atoms with van der Waals surface area (Å²) in [4.78, 5) is 0. The monoisotopic (exact) mass is 410 g/mol. The lowest BCUT2D eigenvalue weighted by atomic mass is 10.2. The number of thiocarbonyl (C=S) groups is 2. The molecule has 0 aromatic heterocycles. The standard InChI is InChI=1S/C14H18O2S6/c15-5-7-19-13(17)21-9-11-1-2-12(4-3-11)10-22-14(18)20-8-6-16/h1-4,15-16H,5-10H2. The van der Waals surface area contributed by atoms with E-state index in [1.807, 2.05) is 0 Å². The second kappa shape index (κ2) is 13.1. The van der Waals surface area contributed by atoms with Gasteiger partial charge in [-0.15, -0.1) is 47.0 Å². The van der Waals surface area contributed by atoms with Crippen molar-refractivity contribution in [3.8, 4) is 0 Å². The fourth-order valence-electron chi connectivity index (χ4n) is 1.36. The van der Waals surface area contributed by atoms with Gasteiger partial charge in [0.2, 0.25) is 0 Å². The van der Waals surface area contributed by atoms with Crippen LogP contribution in [0.1, 0.15) is 11.1 Å². The van der Waals surface area contributed by atoms with Crippen molar-refractivity contribution in [2.75, 3.05) is 24.7 Å². The van der Waals surface area contributed by atoms with Crippen LogP contribution in [0.2, 0.25) is 0 Å². The van der Waals surface area contributed by atoms with E-state index in [0.717, 1.165) is 18.6 Å². The summed E-state index contributed by atoms with van der Waals surface area (Å²) in [6, 6.07) is 8.47. The van der Waals surface area contributed by atoms with Gasteiger partial charge in [0.05, 0.1) is 13.2 Å². The number of hydrogen-bond acceptors (Lipinski definition) is 8. The SMILES string of the molecule is OCCSC(=S)SCc1ccc(CSC(=S)SCCO)cc1. The highest BCUT2D eigenvalue weighted by Gasteiger charge is 2.02. The van der Waals surface area contributed by atoms with Crippen LogP contribution in [0.25, 0.3) is 0 Å². The molecule has 0 spiro atoms. The molecule has 8 heteroatoms. The van der Waals surface area contributed by atoms with Crippen LogP contribution in [-0.2, 0) is 11.5 Å². The van der Waals surface area contributed by atoms with Gasteiger partial charge in [-0.1, -0.05) is 48.7 Å². The second-order valence-electron chi connectivity index (χ2n) is 4.04. The van der Waals surface area contributed by atoms with Crippen molar-refractivity contribution < 1.29 is 10.2 Å². The number of benzene rings is 1. The molecule has 0 bridgehead atoms. The van der Waals surface area contributed by atoms with E-state index in [1.54, 1.807) is 23.5 Å². The molecule has 0 atom stereocenters. The number of thioether (sulfide) groups is 4. The molecular formula is C14H18O2S6. The zero-order chi connectivity index (χ0) is 16.2. The van der Waals surface area contributed by atoms with E-state index in [9.17, 15) is 0 Å². The van der Waals surface area contributed by atoms with Crippen molar-refractivity contribution in [2.45, 2.75) is 11.5 Å². The van der Waals surface area contributed by atoms with E-state index in [0.29, 0.717) is 11.5 Å². The Hall–Kier alpha value is 0.720. The summed E-state index contributed by atoms with van der Waals surface area (Å²) in [6.07, 6.45) is 0. The highest BCUT2D eigenvalue weighted by molar-refractivity contribution is 8.47. The molecule has 0 fully saturated rings. The van der Waals surface area contributed by atoms with Gasteiger partial charge in [0, 0.05) is 23.0 Å². The molecular weight excluding hydrogens is 393 g/mol. The second-order valence-corrected chi connectivity index (χ2v) is 10.6. The molecule has 0 aliphatic carbocycles. The molecule has 0 aliphatic heterocycles. The highest BCUT2D eigenvalue weighted by Crippen LogP contribution is 2.24. The summed E-state index contributed by atoms with van der Waals surface area (Å²) in [5.41, 5.74) is 2.48. The molecule has 0 saturated carbocycles. The fraction of sp³-hybridized carbons (Fsp3) is 0.429. The van der Waals surface area contributed by atoms with Crippen molar-refractivity contribution in [1.29, 1.82) is 0 Å². The summed E-state index contributed by atoms with van der Waals surface area (Å²) in [5.74, 6) is 3.04. The Morgan fingerprint density at radius 2 is 1.09 bits per heavy atom. The molecule has 0 radical (unpaired) electrons. The van der Waals surface area contributed by atoms with E-state index in [2.05, 4.69) is 24.3 Å². The van der Waals surface area contributed by atoms with Crippen molar-refractivity contribution in [3.63, 3.8) is 0 Å². The minimum Gasteiger partial charge on any atom is -0.396 e. The molecule has 2 N–H and O–H groups in total. The van der Waals surface area contributed by atoms with Crippen LogP contribution in [0, 0.1) is 0 Å². The molecule has 122 valence electrons. The summed E-state index contributed by atoms with van der Waals surface area (Å²) >= 11 is 16.8. The van der Waals surface area contributed by atoms with Gasteiger partial charge >= 0.3 is 0 Å². The summed E-state index contributed by atoms with van der Waals surface area (Å²) in [6.45, 7) is 0.326. The van der Waals surface area contributed by atoms with Crippen LogP contribution in [0.5, 0.6) is 0 Å². The molecule has 0 amide bonds. The average molecular weight is 411 g/mol. The normalized spacial score (nSPS) is 10.6. The molecule has 0 unspecified atom stereocenters. The number of aliphatic hydroxyl groups excluding tert-OH is 2. The smallest absolute Gasteiger partial charge is 0.104 e. The topological polar surface area (TPSA) is 40.5 Å². The number of aliphatic hydroxyl groups is 2. The third-order valence-electron chi connectivity index (χ3n) is 2.36. The van der Waals surface area contributed by atoms with Gasteiger partial charge in [-0.05, 0) is 11.1 Å². The summed E-state index contributed by atoms with van der Waals surface area (Å²) in [7, 11) is 0. The Kier molecular flexibility index (Phi) is 12.3. The highest BCUT2D eigenvalue weighted by atomic mass is 32.2. The summed E-state index contributed by atoms with van der Waals surface area (Å²) < 4.78 is 1.75. The van der Waals surface area contributed by atoms with Gasteiger partial charge < -0.3 is 10.2 Å². The zero-order valence-corrected chi connectivity index (χ0v) is 16.8. The molecule has 22 heavy (non-hydrogen) atoms. The molecule has 1 aromatic rings. The predicted octanol–water partition coefficient (Wildman–Crippen LogP) is 4.17. The quantitative estimate of drug-likeness (QED) is 0.619. The van der Waals surface area contributed by atoms with Crippen molar-refractivity contribution in [3.05, 3.63) is 35.4 Å². The Morgan fingerprint density at radius 3 is 1.41 bits per heavy atom. The first-order valence-corrected chi connectivity index (χ1v) is 11.3. The first-order valence-electron chi connectivity index (χ1n) is 6.54. The van der Waals surface area contributed by atoms with Crippen molar-refractivity contribution >= 4 is 78.5 Å². The minimum atomic E-state index is 0.163. The van der Waals surface area contributed by atoms with Crippen LogP contribution >= 0.6 is 71.5 Å². The Bertz CT molecular complexity index is 420. The Morgan fingerprint density at radius 1 is 0.727 bits per heavy atom. The largest absolute Gasteiger partial charge is 0.396 e. The van der Waals surface area contributed by atoms with Gasteiger partial charge in [-0.25, -0.2) is 0 Å². The molecule has 2 nitrogen and oxygen atoms in total. The lowest BCUT2D eigenvalue weighted by molar-refractivity contribution is 0.322. The van der Waals surface area contributed by atoms with E-state index in [-0.39, 0.29) is 13.2 Å². The maximum absolute atomic E-state index is 8.75. The molecule has 0 heterocycles. The maximum Gasteiger partial charge on any atom is 0.104 e. The first-order chi connectivity index (χ1) is 10.7. The zero-order valence-electron chi connectivity index (χ0n) is 11.9. The summed E-state index contributed by atoms with van der Waals surface area (Å²) in [5, 5.41) is 17.5. The van der Waals surface area contributed by atoms with Gasteiger partial charge in [-0.3, -0.25) is 0 Å². The van der Waals surface area contributed by atoms with Gasteiger partial charge in [0.25, 0.3) is 0 Å². The third kappa shape index (κ3) is 9.77. The molecule has 0 saturated heterocycles. The van der Waals surface area contributed by atoms with Crippen molar-refractivity contribution in [1.82, 2.24) is 0 Å². The predicted molar refractivity (Wildman–Crippen MR) is 113 cm³/mol. The van der Waals surface area contributed by atoms with E-state index in [4.69, 9.17) is 34.6 Å². The van der Waals surface area contributed by atoms with Crippen LogP contribution in [0.15, 0.2) is 24.3 Å². The number of hydrogen-bond donors (Lipinski definition) is 2. The fourth-order valence-corrected chi connectivity index (χ4v) is 5.20. The lowest BCUT2D eigenvalue weighted by Gasteiger charge is -2.05. The van der Waals surface area contributed by atoms with Crippen LogP contribution in [-0.4, -0.2) is 42.0 Å². The molecule has 0 aliphatic rings. The van der Waals surface area contributed by atoms with Gasteiger partial charge in [-0.2, -0.15) is 0 Å². The third-order valence-corrected chi connectivity index (χ3v) is 7.86. The van der Waals surface area contributed by atoms with Gasteiger partial charge in [0.15, 0.2) is 0 Å². The molecule has 1 aromatic carbocycles. The van der Waals surface area contributed by atoms with Crippen LogP contribution < -0.4 is 0 Å².